The zero-order valence-corrected chi connectivity index (χ0v) is 14.1. The molecule has 2 aromatic heterocycles. The molecule has 1 aliphatic rings. The Hall–Kier alpha value is -3.15. The Morgan fingerprint density at radius 1 is 1.28 bits per heavy atom. The van der Waals surface area contributed by atoms with Crippen LogP contribution in [0.15, 0.2) is 53.2 Å². The largest absolute Gasteiger partial charge is 0.360 e. The summed E-state index contributed by atoms with van der Waals surface area (Å²) in [6, 6.07) is 14.0. The van der Waals surface area contributed by atoms with E-state index in [0.717, 1.165) is 12.1 Å². The van der Waals surface area contributed by atoms with Crippen molar-refractivity contribution in [2.24, 2.45) is 0 Å². The molecule has 0 radical (unpaired) electrons. The molecule has 3 heterocycles. The van der Waals surface area contributed by atoms with E-state index in [1.54, 1.807) is 25.3 Å². The minimum Gasteiger partial charge on any atom is -0.360 e. The quantitative estimate of drug-likeness (QED) is 0.790. The summed E-state index contributed by atoms with van der Waals surface area (Å²) in [5.74, 6) is 0.713. The van der Waals surface area contributed by atoms with Gasteiger partial charge in [-0.15, -0.1) is 0 Å². The third-order valence-corrected chi connectivity index (χ3v) is 4.34. The maximum Gasteiger partial charge on any atom is 0.275 e. The fourth-order valence-electron chi connectivity index (χ4n) is 3.23. The van der Waals surface area contributed by atoms with Gasteiger partial charge in [0.25, 0.3) is 5.91 Å². The number of pyridine rings is 1. The molecule has 0 spiro atoms. The van der Waals surface area contributed by atoms with Crippen LogP contribution in [-0.2, 0) is 6.42 Å². The number of rotatable bonds is 3. The Kier molecular flexibility index (Phi) is 3.72. The summed E-state index contributed by atoms with van der Waals surface area (Å²) in [7, 11) is 0. The SMILES string of the molecule is Cc1cc(NC(=O)c2ccc(N3c4ccccc4CC3C)cn2)no1. The molecule has 1 N–H and O–H groups in total. The van der Waals surface area contributed by atoms with Gasteiger partial charge in [0.1, 0.15) is 11.5 Å². The lowest BCUT2D eigenvalue weighted by Crippen LogP contribution is -2.24. The lowest BCUT2D eigenvalue weighted by atomic mass is 10.1. The first-order chi connectivity index (χ1) is 12.1. The Morgan fingerprint density at radius 3 is 2.84 bits per heavy atom. The number of amides is 1. The van der Waals surface area contributed by atoms with Crippen molar-refractivity contribution in [1.29, 1.82) is 0 Å². The summed E-state index contributed by atoms with van der Waals surface area (Å²) in [6.45, 7) is 3.96. The second kappa shape index (κ2) is 6.05. The Bertz CT molecular complexity index is 917. The van der Waals surface area contributed by atoms with Crippen LogP contribution in [0.3, 0.4) is 0 Å². The van der Waals surface area contributed by atoms with Crippen molar-refractivity contribution in [3.05, 3.63) is 65.7 Å². The highest BCUT2D eigenvalue weighted by Gasteiger charge is 2.27. The van der Waals surface area contributed by atoms with Crippen molar-refractivity contribution < 1.29 is 9.32 Å². The molecule has 6 nitrogen and oxygen atoms in total. The van der Waals surface area contributed by atoms with Crippen molar-refractivity contribution in [2.45, 2.75) is 26.3 Å². The minimum atomic E-state index is -0.310. The normalized spacial score (nSPS) is 15.9. The van der Waals surface area contributed by atoms with E-state index in [4.69, 9.17) is 4.52 Å². The van der Waals surface area contributed by atoms with Gasteiger partial charge in [0, 0.05) is 17.8 Å². The smallest absolute Gasteiger partial charge is 0.275 e. The van der Waals surface area contributed by atoms with Crippen LogP contribution in [0.2, 0.25) is 0 Å². The number of aromatic nitrogens is 2. The number of aryl methyl sites for hydroxylation is 1. The molecule has 1 amide bonds. The van der Waals surface area contributed by atoms with Crippen LogP contribution in [0.1, 0.15) is 28.7 Å². The van der Waals surface area contributed by atoms with Crippen LogP contribution in [0.25, 0.3) is 0 Å². The number of carbonyl (C=O) groups excluding carboxylic acids is 1. The lowest BCUT2D eigenvalue weighted by Gasteiger charge is -2.24. The number of benzene rings is 1. The van der Waals surface area contributed by atoms with E-state index in [1.807, 2.05) is 12.1 Å². The minimum absolute atomic E-state index is 0.310. The molecule has 0 saturated carbocycles. The summed E-state index contributed by atoms with van der Waals surface area (Å²) in [5.41, 5.74) is 3.85. The van der Waals surface area contributed by atoms with E-state index in [1.165, 1.54) is 11.3 Å². The van der Waals surface area contributed by atoms with E-state index in [0.29, 0.717) is 23.3 Å². The summed E-state index contributed by atoms with van der Waals surface area (Å²) >= 11 is 0. The van der Waals surface area contributed by atoms with E-state index in [9.17, 15) is 4.79 Å². The predicted octanol–water partition coefficient (Wildman–Crippen LogP) is 3.71. The van der Waals surface area contributed by atoms with Crippen LogP contribution in [0.5, 0.6) is 0 Å². The molecule has 3 aromatic rings. The summed E-state index contributed by atoms with van der Waals surface area (Å²) in [5, 5.41) is 6.43. The average molecular weight is 334 g/mol. The Labute approximate surface area is 145 Å². The first kappa shape index (κ1) is 15.4. The third-order valence-electron chi connectivity index (χ3n) is 4.34. The second-order valence-electron chi connectivity index (χ2n) is 6.23. The van der Waals surface area contributed by atoms with Gasteiger partial charge in [0.15, 0.2) is 5.82 Å². The van der Waals surface area contributed by atoms with E-state index in [-0.39, 0.29) is 5.91 Å². The van der Waals surface area contributed by atoms with Crippen LogP contribution < -0.4 is 10.2 Å². The van der Waals surface area contributed by atoms with Crippen LogP contribution >= 0.6 is 0 Å². The molecular weight excluding hydrogens is 316 g/mol. The molecule has 0 fully saturated rings. The van der Waals surface area contributed by atoms with Crippen molar-refractivity contribution in [3.8, 4) is 0 Å². The molecule has 1 aromatic carbocycles. The molecule has 6 heteroatoms. The number of nitrogens with zero attached hydrogens (tertiary/aromatic N) is 3. The molecule has 1 atom stereocenters. The highest BCUT2D eigenvalue weighted by Crippen LogP contribution is 2.37. The van der Waals surface area contributed by atoms with E-state index >= 15 is 0 Å². The van der Waals surface area contributed by atoms with Gasteiger partial charge < -0.3 is 14.7 Å². The molecule has 0 bridgehead atoms. The zero-order chi connectivity index (χ0) is 17.4. The highest BCUT2D eigenvalue weighted by molar-refractivity contribution is 6.02. The number of fused-ring (bicyclic) bond motifs is 1. The van der Waals surface area contributed by atoms with Gasteiger partial charge in [0.05, 0.1) is 11.9 Å². The van der Waals surface area contributed by atoms with Crippen molar-refractivity contribution >= 4 is 23.1 Å². The van der Waals surface area contributed by atoms with E-state index < -0.39 is 0 Å². The van der Waals surface area contributed by atoms with Crippen molar-refractivity contribution in [2.75, 3.05) is 10.2 Å². The van der Waals surface area contributed by atoms with E-state index in [2.05, 4.69) is 45.5 Å². The second-order valence-corrected chi connectivity index (χ2v) is 6.23. The molecule has 1 aliphatic heterocycles. The number of hydrogen-bond acceptors (Lipinski definition) is 5. The monoisotopic (exact) mass is 334 g/mol. The summed E-state index contributed by atoms with van der Waals surface area (Å²) in [4.78, 5) is 18.8. The summed E-state index contributed by atoms with van der Waals surface area (Å²) < 4.78 is 4.94. The van der Waals surface area contributed by atoms with Gasteiger partial charge >= 0.3 is 0 Å². The molecule has 25 heavy (non-hydrogen) atoms. The van der Waals surface area contributed by atoms with Crippen molar-refractivity contribution in [1.82, 2.24) is 10.1 Å². The fourth-order valence-corrected chi connectivity index (χ4v) is 3.23. The summed E-state index contributed by atoms with van der Waals surface area (Å²) in [6.07, 6.45) is 2.74. The molecule has 4 rings (SSSR count). The highest BCUT2D eigenvalue weighted by atomic mass is 16.5. The number of hydrogen-bond donors (Lipinski definition) is 1. The van der Waals surface area contributed by atoms with Gasteiger partial charge in [-0.05, 0) is 44.0 Å². The topological polar surface area (TPSA) is 71.3 Å². The average Bonchev–Trinajstić information content (AvgIpc) is 3.17. The molecule has 1 unspecified atom stereocenters. The van der Waals surface area contributed by atoms with Gasteiger partial charge in [-0.3, -0.25) is 4.79 Å². The van der Waals surface area contributed by atoms with Gasteiger partial charge in [0.2, 0.25) is 0 Å². The first-order valence-electron chi connectivity index (χ1n) is 8.19. The molecule has 0 aliphatic carbocycles. The van der Waals surface area contributed by atoms with Crippen LogP contribution in [0, 0.1) is 6.92 Å². The number of carbonyl (C=O) groups is 1. The van der Waals surface area contributed by atoms with Gasteiger partial charge in [-0.1, -0.05) is 23.4 Å². The lowest BCUT2D eigenvalue weighted by molar-refractivity contribution is 0.102. The first-order valence-corrected chi connectivity index (χ1v) is 8.19. The van der Waals surface area contributed by atoms with Crippen molar-refractivity contribution in [3.63, 3.8) is 0 Å². The fraction of sp³-hybridized carbons (Fsp3) is 0.211. The molecule has 126 valence electrons. The van der Waals surface area contributed by atoms with Gasteiger partial charge in [-0.25, -0.2) is 4.98 Å². The van der Waals surface area contributed by atoms with Crippen LogP contribution in [0.4, 0.5) is 17.2 Å². The maximum atomic E-state index is 12.2. The Morgan fingerprint density at radius 2 is 2.12 bits per heavy atom. The maximum absolute atomic E-state index is 12.2. The van der Waals surface area contributed by atoms with Gasteiger partial charge in [-0.2, -0.15) is 0 Å². The predicted molar refractivity (Wildman–Crippen MR) is 95.2 cm³/mol. The third kappa shape index (κ3) is 2.87. The standard InChI is InChI=1S/C19H18N4O2/c1-12-9-14-5-3-4-6-17(14)23(12)15-7-8-16(20-11-15)19(24)21-18-10-13(2)25-22-18/h3-8,10-12H,9H2,1-2H3,(H,21,22,24). The number of anilines is 3. The Balaban J connectivity index is 1.55. The molecular formula is C19H18N4O2. The number of para-hydroxylation sites is 1. The number of nitrogens with one attached hydrogen (secondary N) is 1. The molecule has 0 saturated heterocycles. The zero-order valence-electron chi connectivity index (χ0n) is 14.1. The van der Waals surface area contributed by atoms with Crippen LogP contribution in [-0.4, -0.2) is 22.1 Å².